The number of amides is 1. The summed E-state index contributed by atoms with van der Waals surface area (Å²) in [5.74, 6) is 0.304. The molecule has 0 saturated carbocycles. The maximum atomic E-state index is 13.4. The fraction of sp³-hybridized carbons (Fsp3) is 0.133. The normalized spacial score (nSPS) is 11.3. The quantitative estimate of drug-likeness (QED) is 0.150. The van der Waals surface area contributed by atoms with E-state index in [0.717, 1.165) is 15.4 Å². The Morgan fingerprint density at radius 3 is 2.39 bits per heavy atom. The zero-order chi connectivity index (χ0) is 29.4. The topological polar surface area (TPSA) is 97.3 Å². The molecule has 0 fully saturated rings. The van der Waals surface area contributed by atoms with Gasteiger partial charge in [0.1, 0.15) is 13.2 Å². The summed E-state index contributed by atoms with van der Waals surface area (Å²) >= 11 is 9.73. The minimum absolute atomic E-state index is 0.0806. The number of ether oxygens (including phenoxy) is 2. The first kappa shape index (κ1) is 30.1. The first-order valence-corrected chi connectivity index (χ1v) is 15.0. The molecular weight excluding hydrogens is 630 g/mol. The first-order valence-electron chi connectivity index (χ1n) is 12.4. The third-order valence-electron chi connectivity index (χ3n) is 5.92. The Morgan fingerprint density at radius 1 is 1.02 bits per heavy atom. The first-order chi connectivity index (χ1) is 19.7. The molecule has 0 aliphatic heterocycles. The molecule has 1 amide bonds. The predicted octanol–water partition coefficient (Wildman–Crippen LogP) is 6.34. The van der Waals surface area contributed by atoms with Crippen LogP contribution in [0.25, 0.3) is 0 Å². The van der Waals surface area contributed by atoms with E-state index in [1.807, 2.05) is 25.1 Å². The monoisotopic (exact) mass is 655 g/mol. The van der Waals surface area contributed by atoms with Crippen LogP contribution in [0.3, 0.4) is 0 Å². The van der Waals surface area contributed by atoms with Crippen molar-refractivity contribution in [3.63, 3.8) is 0 Å². The summed E-state index contributed by atoms with van der Waals surface area (Å²) in [5.41, 5.74) is 5.12. The number of carbonyl (C=O) groups is 1. The highest BCUT2D eigenvalue weighted by atomic mass is 79.9. The highest BCUT2D eigenvalue weighted by Gasteiger charge is 2.27. The molecular formula is C30H27BrClN3O5S. The molecule has 0 heterocycles. The van der Waals surface area contributed by atoms with Crippen LogP contribution in [0.2, 0.25) is 5.02 Å². The second kappa shape index (κ2) is 13.7. The van der Waals surface area contributed by atoms with E-state index in [1.54, 1.807) is 60.7 Å². The molecule has 0 aliphatic carbocycles. The smallest absolute Gasteiger partial charge is 0.264 e. The molecule has 0 radical (unpaired) electrons. The Morgan fingerprint density at radius 2 is 1.71 bits per heavy atom. The standard InChI is InChI=1S/C30H27BrClN3O5S/c1-21-12-14-25(15-13-21)41(37,38)35(24-9-4-3-5-10-24)19-29(36)34-33-18-22-16-26(31)30(28(17-22)39-2)40-20-23-8-6-7-11-27(23)32/h3-18H,19-20H2,1-2H3,(H,34,36)/b33-18-. The van der Waals surface area contributed by atoms with E-state index in [2.05, 4.69) is 26.5 Å². The van der Waals surface area contributed by atoms with E-state index in [4.69, 9.17) is 21.1 Å². The maximum absolute atomic E-state index is 13.4. The van der Waals surface area contributed by atoms with E-state index < -0.39 is 22.5 Å². The number of carbonyl (C=O) groups excluding carboxylic acids is 1. The molecule has 4 rings (SSSR count). The average molecular weight is 657 g/mol. The van der Waals surface area contributed by atoms with Gasteiger partial charge in [0.2, 0.25) is 0 Å². The molecule has 4 aromatic carbocycles. The lowest BCUT2D eigenvalue weighted by Gasteiger charge is -2.23. The number of methoxy groups -OCH3 is 1. The van der Waals surface area contributed by atoms with E-state index in [0.29, 0.717) is 32.2 Å². The molecule has 0 bridgehead atoms. The highest BCUT2D eigenvalue weighted by Crippen LogP contribution is 2.37. The Bertz CT molecular complexity index is 1650. The largest absolute Gasteiger partial charge is 0.493 e. The third kappa shape index (κ3) is 7.66. The molecule has 4 aromatic rings. The van der Waals surface area contributed by atoms with Crippen LogP contribution in [0.1, 0.15) is 16.7 Å². The van der Waals surface area contributed by atoms with Crippen LogP contribution < -0.4 is 19.2 Å². The number of anilines is 1. The molecule has 0 unspecified atom stereocenters. The minimum atomic E-state index is -4.02. The summed E-state index contributed by atoms with van der Waals surface area (Å²) in [6.45, 7) is 1.63. The number of halogens is 2. The van der Waals surface area contributed by atoms with Crippen molar-refractivity contribution in [2.24, 2.45) is 5.10 Å². The van der Waals surface area contributed by atoms with E-state index in [9.17, 15) is 13.2 Å². The number of aryl methyl sites for hydroxylation is 1. The molecule has 8 nitrogen and oxygen atoms in total. The maximum Gasteiger partial charge on any atom is 0.264 e. The van der Waals surface area contributed by atoms with Gasteiger partial charge in [-0.05, 0) is 70.9 Å². The van der Waals surface area contributed by atoms with Crippen LogP contribution in [-0.2, 0) is 21.4 Å². The lowest BCUT2D eigenvalue weighted by Crippen LogP contribution is -2.39. The Kier molecular flexibility index (Phi) is 10.0. The van der Waals surface area contributed by atoms with Gasteiger partial charge in [-0.15, -0.1) is 0 Å². The lowest BCUT2D eigenvalue weighted by atomic mass is 10.2. The summed E-state index contributed by atoms with van der Waals surface area (Å²) in [4.78, 5) is 12.9. The van der Waals surface area contributed by atoms with E-state index >= 15 is 0 Å². The van der Waals surface area contributed by atoms with Crippen LogP contribution >= 0.6 is 27.5 Å². The van der Waals surface area contributed by atoms with Crippen molar-refractivity contribution in [1.29, 1.82) is 0 Å². The van der Waals surface area contributed by atoms with Gasteiger partial charge in [0.25, 0.3) is 15.9 Å². The Balaban J connectivity index is 1.47. The van der Waals surface area contributed by atoms with Gasteiger partial charge in [0, 0.05) is 10.6 Å². The van der Waals surface area contributed by atoms with Gasteiger partial charge in [-0.1, -0.05) is 65.7 Å². The van der Waals surface area contributed by atoms with Crippen molar-refractivity contribution < 1.29 is 22.7 Å². The molecule has 0 aromatic heterocycles. The fourth-order valence-electron chi connectivity index (χ4n) is 3.81. The lowest BCUT2D eigenvalue weighted by molar-refractivity contribution is -0.119. The molecule has 0 saturated heterocycles. The van der Waals surface area contributed by atoms with Crippen molar-refractivity contribution in [2.75, 3.05) is 18.0 Å². The number of hydrogen-bond donors (Lipinski definition) is 1. The molecule has 41 heavy (non-hydrogen) atoms. The van der Waals surface area contributed by atoms with Gasteiger partial charge >= 0.3 is 0 Å². The second-order valence-corrected chi connectivity index (χ2v) is 12.0. The SMILES string of the molecule is COc1cc(/C=N\NC(=O)CN(c2ccccc2)S(=O)(=O)c2ccc(C)cc2)cc(Br)c1OCc1ccccc1Cl. The van der Waals surface area contributed by atoms with Crippen molar-refractivity contribution >= 4 is 55.4 Å². The molecule has 0 atom stereocenters. The van der Waals surface area contributed by atoms with Crippen molar-refractivity contribution in [3.05, 3.63) is 117 Å². The second-order valence-electron chi connectivity index (χ2n) is 8.87. The van der Waals surface area contributed by atoms with Crippen LogP contribution in [0.15, 0.2) is 105 Å². The number of hydrogen-bond acceptors (Lipinski definition) is 6. The van der Waals surface area contributed by atoms with Crippen molar-refractivity contribution in [2.45, 2.75) is 18.4 Å². The number of nitrogens with zero attached hydrogens (tertiary/aromatic N) is 2. The predicted molar refractivity (Wildman–Crippen MR) is 164 cm³/mol. The van der Waals surface area contributed by atoms with Gasteiger partial charge in [-0.2, -0.15) is 5.10 Å². The van der Waals surface area contributed by atoms with Crippen LogP contribution in [0, 0.1) is 6.92 Å². The summed E-state index contributed by atoms with van der Waals surface area (Å²) in [6.07, 6.45) is 1.42. The number of hydrazone groups is 1. The number of para-hydroxylation sites is 1. The van der Waals surface area contributed by atoms with Gasteiger partial charge < -0.3 is 9.47 Å². The molecule has 212 valence electrons. The van der Waals surface area contributed by atoms with Crippen LogP contribution in [0.5, 0.6) is 11.5 Å². The van der Waals surface area contributed by atoms with Gasteiger partial charge in [0.15, 0.2) is 11.5 Å². The summed E-state index contributed by atoms with van der Waals surface area (Å²) in [7, 11) is -2.50. The molecule has 11 heteroatoms. The highest BCUT2D eigenvalue weighted by molar-refractivity contribution is 9.10. The van der Waals surface area contributed by atoms with Gasteiger partial charge in [-0.25, -0.2) is 13.8 Å². The number of sulfonamides is 1. The third-order valence-corrected chi connectivity index (χ3v) is 8.67. The minimum Gasteiger partial charge on any atom is -0.493 e. The van der Waals surface area contributed by atoms with Gasteiger partial charge in [-0.3, -0.25) is 9.10 Å². The van der Waals surface area contributed by atoms with Crippen LogP contribution in [0.4, 0.5) is 5.69 Å². The zero-order valence-corrected chi connectivity index (χ0v) is 25.4. The molecule has 0 aliphatic rings. The van der Waals surface area contributed by atoms with E-state index in [-0.39, 0.29) is 11.5 Å². The van der Waals surface area contributed by atoms with Crippen LogP contribution in [-0.4, -0.2) is 34.2 Å². The Labute approximate surface area is 252 Å². The molecule has 0 spiro atoms. The summed E-state index contributed by atoms with van der Waals surface area (Å²) in [5, 5.41) is 4.62. The summed E-state index contributed by atoms with van der Waals surface area (Å²) < 4.78 is 40.0. The number of benzene rings is 4. The fourth-order valence-corrected chi connectivity index (χ4v) is 6.00. The Hall–Kier alpha value is -3.86. The van der Waals surface area contributed by atoms with Crippen molar-refractivity contribution in [1.82, 2.24) is 5.43 Å². The zero-order valence-electron chi connectivity index (χ0n) is 22.3. The average Bonchev–Trinajstić information content (AvgIpc) is 2.96. The van der Waals surface area contributed by atoms with Gasteiger partial charge in [0.05, 0.1) is 28.4 Å². The number of rotatable bonds is 11. The van der Waals surface area contributed by atoms with E-state index in [1.165, 1.54) is 25.5 Å². The molecule has 1 N–H and O–H groups in total. The summed E-state index contributed by atoms with van der Waals surface area (Å²) in [6, 6.07) is 25.7. The van der Waals surface area contributed by atoms with Crippen molar-refractivity contribution in [3.8, 4) is 11.5 Å². The number of nitrogens with one attached hydrogen (secondary N) is 1.